The standard InChI is InChI=1S/C35H34F3N9O6/c1-3-20-28(44-10-11-45(22-6-5-21(22)44)32(51)26-23(48)7-4-19-30(26)53-17-40-19)29(50)27-31(43-47(42-27)18-8-9-39-25(12-18)52-2)46(20)13-24(49)41-34-14-33(15-34,16-34)35(36,37)38/h4,7-9,12,17,21-22,48H,3,5-6,10-11,13-16H2,1-2H3,(H,41,49)/t21-,22-,33?,34?/m1/s1. The van der Waals surface area contributed by atoms with Gasteiger partial charge in [-0.15, -0.1) is 15.0 Å². The van der Waals surface area contributed by atoms with E-state index < -0.39 is 34.4 Å². The lowest BCUT2D eigenvalue weighted by Gasteiger charge is -2.70. The van der Waals surface area contributed by atoms with E-state index in [2.05, 4.69) is 25.5 Å². The molecule has 5 heterocycles. The van der Waals surface area contributed by atoms with Gasteiger partial charge in [-0.2, -0.15) is 13.2 Å². The molecule has 0 unspecified atom stereocenters. The molecule has 0 spiro atoms. The third-order valence-corrected chi connectivity index (χ3v) is 11.5. The normalized spacial score (nSPS) is 24.7. The molecule has 1 aromatic carbocycles. The summed E-state index contributed by atoms with van der Waals surface area (Å²) < 4.78 is 53.1. The monoisotopic (exact) mass is 733 g/mol. The summed E-state index contributed by atoms with van der Waals surface area (Å²) in [6.07, 6.45) is -0.440. The van der Waals surface area contributed by atoms with E-state index in [-0.39, 0.29) is 79.0 Å². The molecule has 53 heavy (non-hydrogen) atoms. The molecule has 2 amide bonds. The number of amides is 2. The van der Waals surface area contributed by atoms with Gasteiger partial charge in [0.05, 0.1) is 24.3 Å². The van der Waals surface area contributed by atoms with E-state index in [1.165, 1.54) is 30.6 Å². The minimum absolute atomic E-state index is 0.00128. The van der Waals surface area contributed by atoms with E-state index in [9.17, 15) is 32.7 Å². The van der Waals surface area contributed by atoms with Crippen LogP contribution in [0.3, 0.4) is 0 Å². The number of hydrogen-bond donors (Lipinski definition) is 2. The number of anilines is 1. The Morgan fingerprint density at radius 1 is 1.09 bits per heavy atom. The molecule has 1 saturated heterocycles. The number of hydrogen-bond acceptors (Lipinski definition) is 11. The summed E-state index contributed by atoms with van der Waals surface area (Å²) in [7, 11) is 1.46. The highest BCUT2D eigenvalue weighted by atomic mass is 19.4. The van der Waals surface area contributed by atoms with Crippen molar-refractivity contribution in [1.82, 2.24) is 39.7 Å². The van der Waals surface area contributed by atoms with Crippen LogP contribution < -0.4 is 20.4 Å². The molecule has 2 bridgehead atoms. The van der Waals surface area contributed by atoms with Crippen molar-refractivity contribution < 1.29 is 37.0 Å². The van der Waals surface area contributed by atoms with Crippen molar-refractivity contribution >= 4 is 39.8 Å². The number of carbonyl (C=O) groups excluding carboxylic acids is 2. The van der Waals surface area contributed by atoms with Gasteiger partial charge in [0.2, 0.25) is 17.2 Å². The zero-order valence-electron chi connectivity index (χ0n) is 28.7. The maximum absolute atomic E-state index is 14.6. The minimum atomic E-state index is -4.32. The van der Waals surface area contributed by atoms with Crippen LogP contribution in [0.15, 0.2) is 46.1 Å². The molecule has 1 aliphatic heterocycles. The molecule has 5 aromatic rings. The smallest absolute Gasteiger partial charge is 0.394 e. The average molecular weight is 734 g/mol. The molecule has 4 saturated carbocycles. The average Bonchev–Trinajstić information content (AvgIpc) is 3.74. The molecule has 4 aliphatic carbocycles. The first-order valence-corrected chi connectivity index (χ1v) is 17.4. The second kappa shape index (κ2) is 11.4. The van der Waals surface area contributed by atoms with Crippen LogP contribution in [-0.2, 0) is 17.8 Å². The fourth-order valence-electron chi connectivity index (χ4n) is 8.94. The summed E-state index contributed by atoms with van der Waals surface area (Å²) in [6, 6.07) is 5.64. The highest BCUT2D eigenvalue weighted by molar-refractivity contribution is 6.07. The molecular weight excluding hydrogens is 699 g/mol. The van der Waals surface area contributed by atoms with Crippen LogP contribution >= 0.6 is 0 Å². The minimum Gasteiger partial charge on any atom is -0.507 e. The summed E-state index contributed by atoms with van der Waals surface area (Å²) in [6.45, 7) is 2.03. The van der Waals surface area contributed by atoms with Crippen LogP contribution in [0.4, 0.5) is 18.9 Å². The quantitative estimate of drug-likeness (QED) is 0.239. The topological polar surface area (TPSA) is 174 Å². The lowest BCUT2D eigenvalue weighted by Crippen LogP contribution is -2.78. The van der Waals surface area contributed by atoms with Crippen LogP contribution in [0.2, 0.25) is 0 Å². The highest BCUT2D eigenvalue weighted by Crippen LogP contribution is 2.73. The van der Waals surface area contributed by atoms with Gasteiger partial charge >= 0.3 is 6.18 Å². The molecule has 2 N–H and O–H groups in total. The second-order valence-corrected chi connectivity index (χ2v) is 14.5. The van der Waals surface area contributed by atoms with Gasteiger partial charge in [-0.1, -0.05) is 6.92 Å². The number of rotatable bonds is 8. The predicted molar refractivity (Wildman–Crippen MR) is 181 cm³/mol. The number of piperazine rings is 1. The molecule has 5 fully saturated rings. The van der Waals surface area contributed by atoms with Crippen molar-refractivity contribution in [2.75, 3.05) is 25.1 Å². The van der Waals surface area contributed by atoms with Gasteiger partial charge < -0.3 is 33.9 Å². The SMILES string of the molecule is CCc1c(N2CCN(C(=O)c3c(O)ccc4ncoc34)[C@@H]3CC[C@H]32)c(=O)c2nn(-c3ccnc(OC)c3)nc2n1CC(=O)NC12CC(C(F)(F)F)(C1)C2. The summed E-state index contributed by atoms with van der Waals surface area (Å²) in [5, 5.41) is 22.8. The van der Waals surface area contributed by atoms with E-state index in [0.29, 0.717) is 47.7 Å². The lowest BCUT2D eigenvalue weighted by molar-refractivity contribution is -0.337. The molecular formula is C35H34F3N9O6. The van der Waals surface area contributed by atoms with Crippen LogP contribution in [0, 0.1) is 5.41 Å². The number of nitrogens with one attached hydrogen (secondary N) is 1. The fraction of sp³-hybridized carbons (Fsp3) is 0.457. The predicted octanol–water partition coefficient (Wildman–Crippen LogP) is 3.49. The Labute approximate surface area is 298 Å². The number of phenols is 1. The van der Waals surface area contributed by atoms with Gasteiger partial charge in [0.15, 0.2) is 23.1 Å². The van der Waals surface area contributed by atoms with Crippen molar-refractivity contribution in [2.45, 2.75) is 75.8 Å². The van der Waals surface area contributed by atoms with Gasteiger partial charge in [0.25, 0.3) is 5.91 Å². The Kier molecular flexibility index (Phi) is 7.14. The third kappa shape index (κ3) is 4.83. The number of aromatic hydroxyl groups is 1. The molecule has 0 radical (unpaired) electrons. The van der Waals surface area contributed by atoms with Crippen molar-refractivity contribution in [3.05, 3.63) is 58.3 Å². The maximum atomic E-state index is 14.6. The number of fused-ring (bicyclic) bond motifs is 3. The highest BCUT2D eigenvalue weighted by Gasteiger charge is 2.79. The molecule has 276 valence electrons. The Hall–Kier alpha value is -5.68. The maximum Gasteiger partial charge on any atom is 0.394 e. The number of phenolic OH excluding ortho intramolecular Hbond substituents is 1. The molecule has 5 aliphatic rings. The van der Waals surface area contributed by atoms with Crippen LogP contribution in [0.1, 0.15) is 55.1 Å². The van der Waals surface area contributed by atoms with E-state index in [1.54, 1.807) is 27.7 Å². The van der Waals surface area contributed by atoms with Gasteiger partial charge in [-0.05, 0) is 56.7 Å². The molecule has 4 aromatic heterocycles. The first-order valence-electron chi connectivity index (χ1n) is 17.4. The summed E-state index contributed by atoms with van der Waals surface area (Å²) in [4.78, 5) is 55.4. The van der Waals surface area contributed by atoms with E-state index >= 15 is 0 Å². The first-order chi connectivity index (χ1) is 25.4. The summed E-state index contributed by atoms with van der Waals surface area (Å²) >= 11 is 0. The van der Waals surface area contributed by atoms with Gasteiger partial charge in [0, 0.05) is 42.6 Å². The van der Waals surface area contributed by atoms with Gasteiger partial charge in [-0.25, -0.2) is 9.97 Å². The fourth-order valence-corrected chi connectivity index (χ4v) is 8.94. The van der Waals surface area contributed by atoms with Gasteiger partial charge in [0.1, 0.15) is 29.1 Å². The Morgan fingerprint density at radius 2 is 1.87 bits per heavy atom. The van der Waals surface area contributed by atoms with Crippen molar-refractivity contribution in [3.8, 4) is 17.3 Å². The van der Waals surface area contributed by atoms with Crippen molar-refractivity contribution in [1.29, 1.82) is 0 Å². The number of ether oxygens (including phenoxy) is 1. The number of nitrogens with zero attached hydrogens (tertiary/aromatic N) is 8. The molecule has 18 heteroatoms. The van der Waals surface area contributed by atoms with Crippen LogP contribution in [0.5, 0.6) is 11.6 Å². The Bertz CT molecular complexity index is 2380. The lowest BCUT2D eigenvalue weighted by atomic mass is 9.39. The summed E-state index contributed by atoms with van der Waals surface area (Å²) in [5.74, 6) is -0.833. The number of oxazole rings is 1. The second-order valence-electron chi connectivity index (χ2n) is 14.5. The number of benzene rings is 1. The number of aromatic nitrogens is 6. The van der Waals surface area contributed by atoms with E-state index in [0.717, 1.165) is 0 Å². The number of carbonyl (C=O) groups is 2. The zero-order valence-corrected chi connectivity index (χ0v) is 28.7. The van der Waals surface area contributed by atoms with E-state index in [4.69, 9.17) is 9.15 Å². The number of alkyl halides is 3. The third-order valence-electron chi connectivity index (χ3n) is 11.5. The van der Waals surface area contributed by atoms with Crippen molar-refractivity contribution in [2.24, 2.45) is 5.41 Å². The van der Waals surface area contributed by atoms with Gasteiger partial charge in [-0.3, -0.25) is 14.4 Å². The zero-order chi connectivity index (χ0) is 37.0. The Balaban J connectivity index is 1.09. The number of pyridine rings is 2. The molecule has 10 rings (SSSR count). The van der Waals surface area contributed by atoms with Crippen LogP contribution in [-0.4, -0.2) is 95.3 Å². The first kappa shape index (κ1) is 33.2. The summed E-state index contributed by atoms with van der Waals surface area (Å²) in [5.41, 5.74) is -0.958. The Morgan fingerprint density at radius 3 is 2.57 bits per heavy atom. The molecule has 15 nitrogen and oxygen atoms in total. The number of halogens is 3. The molecule has 2 atom stereocenters. The number of methoxy groups -OCH3 is 1. The van der Waals surface area contributed by atoms with E-state index in [1.807, 2.05) is 11.8 Å². The largest absolute Gasteiger partial charge is 0.507 e. The van der Waals surface area contributed by atoms with Crippen LogP contribution in [0.25, 0.3) is 28.0 Å². The van der Waals surface area contributed by atoms with Crippen molar-refractivity contribution in [3.63, 3.8) is 0 Å².